The highest BCUT2D eigenvalue weighted by Crippen LogP contribution is 2.18. The summed E-state index contributed by atoms with van der Waals surface area (Å²) in [6.45, 7) is 7.98. The van der Waals surface area contributed by atoms with Crippen molar-refractivity contribution in [1.82, 2.24) is 4.90 Å². The summed E-state index contributed by atoms with van der Waals surface area (Å²) < 4.78 is 10.4. The molecule has 9 nitrogen and oxygen atoms in total. The topological polar surface area (TPSA) is 142 Å². The zero-order valence-corrected chi connectivity index (χ0v) is 18.1. The molecular weight excluding hydrogens is 390 g/mol. The van der Waals surface area contributed by atoms with E-state index < -0.39 is 47.5 Å². The molecule has 1 rings (SSSR count). The van der Waals surface area contributed by atoms with Crippen LogP contribution >= 0.6 is 0 Å². The normalized spacial score (nSPS) is 13.3. The number of ether oxygens (including phenoxy) is 2. The lowest BCUT2D eigenvalue weighted by Gasteiger charge is -2.32. The summed E-state index contributed by atoms with van der Waals surface area (Å²) in [6.07, 6.45) is -1.42. The average Bonchev–Trinajstić information content (AvgIpc) is 2.64. The summed E-state index contributed by atoms with van der Waals surface area (Å²) in [7, 11) is 0. The number of hydrogen-bond acceptors (Lipinski definition) is 7. The molecule has 0 aliphatic rings. The number of carbonyl (C=O) groups excluding carboxylic acids is 4. The van der Waals surface area contributed by atoms with Crippen molar-refractivity contribution < 1.29 is 28.7 Å². The lowest BCUT2D eigenvalue weighted by molar-refractivity contribution is -0.149. The van der Waals surface area contributed by atoms with Crippen molar-refractivity contribution in [1.29, 1.82) is 0 Å². The predicted octanol–water partition coefficient (Wildman–Crippen LogP) is 1.72. The number of nitrogens with two attached hydrogens (primary N) is 2. The van der Waals surface area contributed by atoms with Gasteiger partial charge in [-0.15, -0.1) is 0 Å². The molecule has 0 aliphatic heterocycles. The summed E-state index contributed by atoms with van der Waals surface area (Å²) in [6, 6.07) is 6.22. The van der Waals surface area contributed by atoms with Gasteiger partial charge in [0.1, 0.15) is 24.3 Å². The van der Waals surface area contributed by atoms with Gasteiger partial charge in [-0.3, -0.25) is 14.4 Å². The Hall–Kier alpha value is -2.94. The molecule has 9 heteroatoms. The van der Waals surface area contributed by atoms with E-state index in [2.05, 4.69) is 0 Å². The predicted molar refractivity (Wildman–Crippen MR) is 110 cm³/mol. The van der Waals surface area contributed by atoms with Crippen LogP contribution in [-0.2, 0) is 30.5 Å². The van der Waals surface area contributed by atoms with Crippen molar-refractivity contribution in [3.63, 3.8) is 0 Å². The smallest absolute Gasteiger partial charge is 0.417 e. The highest BCUT2D eigenvalue weighted by molar-refractivity contribution is 5.98. The number of hydrogen-bond donors (Lipinski definition) is 2. The molecule has 0 aromatic heterocycles. The molecule has 4 N–H and O–H groups in total. The first-order valence-corrected chi connectivity index (χ1v) is 9.65. The SMILES string of the molecule is CC(C)C(=O)N(C(=O)OC(C)(C)C)[C@H](CC(N)C(=O)OCc1ccccc1)C(N)=O. The van der Waals surface area contributed by atoms with Crippen LogP contribution < -0.4 is 11.5 Å². The van der Waals surface area contributed by atoms with Crippen molar-refractivity contribution in [3.05, 3.63) is 35.9 Å². The molecule has 2 atom stereocenters. The number of primary amides is 1. The van der Waals surface area contributed by atoms with E-state index in [1.54, 1.807) is 58.9 Å². The summed E-state index contributed by atoms with van der Waals surface area (Å²) >= 11 is 0. The van der Waals surface area contributed by atoms with Gasteiger partial charge in [0.05, 0.1) is 0 Å². The number of carbonyl (C=O) groups is 4. The van der Waals surface area contributed by atoms with Gasteiger partial charge in [0.25, 0.3) is 0 Å². The van der Waals surface area contributed by atoms with Crippen LogP contribution in [0.3, 0.4) is 0 Å². The molecule has 0 radical (unpaired) electrons. The quantitative estimate of drug-likeness (QED) is 0.609. The van der Waals surface area contributed by atoms with E-state index in [9.17, 15) is 19.2 Å². The minimum atomic E-state index is -1.46. The van der Waals surface area contributed by atoms with Crippen LogP contribution in [0.25, 0.3) is 0 Å². The van der Waals surface area contributed by atoms with Crippen molar-refractivity contribution in [2.24, 2.45) is 17.4 Å². The molecule has 0 aliphatic carbocycles. The number of imide groups is 1. The summed E-state index contributed by atoms with van der Waals surface area (Å²) in [5.41, 5.74) is 11.2. The third kappa shape index (κ3) is 7.82. The first kappa shape index (κ1) is 25.1. The average molecular weight is 421 g/mol. The molecule has 0 bridgehead atoms. The monoisotopic (exact) mass is 421 g/mol. The maximum atomic E-state index is 12.6. The number of amides is 3. The van der Waals surface area contributed by atoms with E-state index in [-0.39, 0.29) is 13.0 Å². The molecule has 166 valence electrons. The van der Waals surface area contributed by atoms with Gasteiger partial charge < -0.3 is 20.9 Å². The fourth-order valence-corrected chi connectivity index (χ4v) is 2.48. The number of rotatable bonds is 8. The fourth-order valence-electron chi connectivity index (χ4n) is 2.48. The molecule has 0 saturated heterocycles. The van der Waals surface area contributed by atoms with Gasteiger partial charge in [-0.2, -0.15) is 0 Å². The second-order valence-electron chi connectivity index (χ2n) is 8.20. The van der Waals surface area contributed by atoms with Gasteiger partial charge in [-0.05, 0) is 26.3 Å². The van der Waals surface area contributed by atoms with E-state index in [0.29, 0.717) is 4.90 Å². The Morgan fingerprint density at radius 2 is 1.63 bits per heavy atom. The van der Waals surface area contributed by atoms with Crippen molar-refractivity contribution in [3.8, 4) is 0 Å². The van der Waals surface area contributed by atoms with Gasteiger partial charge in [-0.25, -0.2) is 9.69 Å². The Kier molecular flexibility index (Phi) is 8.97. The Morgan fingerprint density at radius 1 is 1.07 bits per heavy atom. The van der Waals surface area contributed by atoms with Gasteiger partial charge >= 0.3 is 12.1 Å². The largest absolute Gasteiger partial charge is 0.460 e. The second-order valence-corrected chi connectivity index (χ2v) is 8.20. The first-order valence-electron chi connectivity index (χ1n) is 9.65. The van der Waals surface area contributed by atoms with Crippen molar-refractivity contribution in [2.75, 3.05) is 0 Å². The zero-order chi connectivity index (χ0) is 23.1. The lowest BCUT2D eigenvalue weighted by atomic mass is 10.0. The van der Waals surface area contributed by atoms with E-state index in [1.165, 1.54) is 0 Å². The van der Waals surface area contributed by atoms with Gasteiger partial charge in [0.2, 0.25) is 11.8 Å². The van der Waals surface area contributed by atoms with E-state index >= 15 is 0 Å². The minimum Gasteiger partial charge on any atom is -0.460 e. The molecular formula is C21H31N3O6. The third-order valence-electron chi connectivity index (χ3n) is 3.97. The van der Waals surface area contributed by atoms with Crippen LogP contribution in [0.1, 0.15) is 46.6 Å². The molecule has 1 unspecified atom stereocenters. The van der Waals surface area contributed by atoms with E-state index in [1.807, 2.05) is 6.07 Å². The molecule has 0 spiro atoms. The van der Waals surface area contributed by atoms with Crippen LogP contribution in [0.2, 0.25) is 0 Å². The van der Waals surface area contributed by atoms with Crippen molar-refractivity contribution >= 4 is 23.9 Å². The van der Waals surface area contributed by atoms with E-state index in [0.717, 1.165) is 5.56 Å². The third-order valence-corrected chi connectivity index (χ3v) is 3.97. The highest BCUT2D eigenvalue weighted by atomic mass is 16.6. The Morgan fingerprint density at radius 3 is 2.10 bits per heavy atom. The molecule has 0 saturated carbocycles. The number of nitrogens with zero attached hydrogens (tertiary/aromatic N) is 1. The molecule has 1 aromatic carbocycles. The lowest BCUT2D eigenvalue weighted by Crippen LogP contribution is -2.56. The highest BCUT2D eigenvalue weighted by Gasteiger charge is 2.39. The minimum absolute atomic E-state index is 0.00465. The molecule has 3 amide bonds. The van der Waals surface area contributed by atoms with Gasteiger partial charge in [-0.1, -0.05) is 44.2 Å². The maximum Gasteiger partial charge on any atom is 0.417 e. The standard InChI is InChI=1S/C21H31N3O6/c1-13(2)18(26)24(20(28)30-21(3,4)5)16(17(23)25)11-15(22)19(27)29-12-14-9-7-6-8-10-14/h6-10,13,15-16H,11-12,22H2,1-5H3,(H2,23,25)/t15?,16-/m1/s1. The van der Waals surface area contributed by atoms with Crippen LogP contribution in [0.15, 0.2) is 30.3 Å². The molecule has 0 fully saturated rings. The molecule has 1 aromatic rings. The number of esters is 1. The second kappa shape index (κ2) is 10.7. The Balaban J connectivity index is 2.98. The number of benzene rings is 1. The Bertz CT molecular complexity index is 758. The van der Waals surface area contributed by atoms with Gasteiger partial charge in [0.15, 0.2) is 0 Å². The zero-order valence-electron chi connectivity index (χ0n) is 18.1. The van der Waals surface area contributed by atoms with Crippen LogP contribution in [-0.4, -0.2) is 46.5 Å². The van der Waals surface area contributed by atoms with Gasteiger partial charge in [0, 0.05) is 12.3 Å². The Labute approximate surface area is 176 Å². The maximum absolute atomic E-state index is 12.6. The summed E-state index contributed by atoms with van der Waals surface area (Å²) in [5.74, 6) is -3.06. The van der Waals surface area contributed by atoms with Crippen LogP contribution in [0.5, 0.6) is 0 Å². The van der Waals surface area contributed by atoms with Crippen molar-refractivity contribution in [2.45, 2.75) is 65.3 Å². The van der Waals surface area contributed by atoms with Crippen LogP contribution in [0, 0.1) is 5.92 Å². The summed E-state index contributed by atoms with van der Waals surface area (Å²) in [4.78, 5) is 50.3. The summed E-state index contributed by atoms with van der Waals surface area (Å²) in [5, 5.41) is 0. The molecule has 30 heavy (non-hydrogen) atoms. The fraction of sp³-hybridized carbons (Fsp3) is 0.524. The van der Waals surface area contributed by atoms with E-state index in [4.69, 9.17) is 20.9 Å². The van der Waals surface area contributed by atoms with Crippen LogP contribution in [0.4, 0.5) is 4.79 Å². The first-order chi connectivity index (χ1) is 13.8. The molecule has 0 heterocycles.